The van der Waals surface area contributed by atoms with Crippen molar-refractivity contribution in [1.29, 1.82) is 0 Å². The second kappa shape index (κ2) is 6.22. The van der Waals surface area contributed by atoms with Crippen LogP contribution in [0.4, 0.5) is 0 Å². The maximum absolute atomic E-state index is 12.6. The molecule has 0 aromatic carbocycles. The molecule has 3 rings (SSSR count). The third-order valence-electron chi connectivity index (χ3n) is 4.10. The molecule has 1 aliphatic rings. The number of carbonyl (C=O) groups is 1. The highest BCUT2D eigenvalue weighted by Gasteiger charge is 2.30. The van der Waals surface area contributed by atoms with E-state index in [1.165, 1.54) is 4.88 Å². The summed E-state index contributed by atoms with van der Waals surface area (Å²) in [6.07, 6.45) is 2.84. The van der Waals surface area contributed by atoms with Crippen molar-refractivity contribution in [3.63, 3.8) is 0 Å². The third-order valence-corrected chi connectivity index (χ3v) is 5.09. The topological polar surface area (TPSA) is 47.4 Å². The first-order chi connectivity index (χ1) is 10.6. The predicted octanol–water partition coefficient (Wildman–Crippen LogP) is 2.80. The van der Waals surface area contributed by atoms with Crippen LogP contribution in [-0.4, -0.2) is 40.6 Å². The zero-order chi connectivity index (χ0) is 15.7. The second-order valence-corrected chi connectivity index (χ2v) is 7.01. The van der Waals surface area contributed by atoms with Gasteiger partial charge in [-0.3, -0.25) is 4.79 Å². The van der Waals surface area contributed by atoms with E-state index >= 15 is 0 Å². The summed E-state index contributed by atoms with van der Waals surface area (Å²) in [6.45, 7) is 6.12. The normalized spacial score (nSPS) is 18.1. The lowest BCUT2D eigenvalue weighted by Gasteiger charge is -2.19. The summed E-state index contributed by atoms with van der Waals surface area (Å²) in [5, 5.41) is 0. The highest BCUT2D eigenvalue weighted by atomic mass is 32.1. The fourth-order valence-electron chi connectivity index (χ4n) is 3.07. The average molecular weight is 319 g/mol. The van der Waals surface area contributed by atoms with Gasteiger partial charge in [0.25, 0.3) is 5.91 Å². The van der Waals surface area contributed by atoms with E-state index in [0.29, 0.717) is 6.61 Å². The Kier molecular flexibility index (Phi) is 4.31. The van der Waals surface area contributed by atoms with Crippen molar-refractivity contribution >= 4 is 17.2 Å². The van der Waals surface area contributed by atoms with Crippen LogP contribution in [0.5, 0.6) is 0 Å². The van der Waals surface area contributed by atoms with Gasteiger partial charge in [0.05, 0.1) is 10.9 Å². The molecule has 1 amide bonds. The van der Waals surface area contributed by atoms with Gasteiger partial charge in [0.2, 0.25) is 0 Å². The molecule has 1 saturated heterocycles. The molecule has 2 aromatic rings. The van der Waals surface area contributed by atoms with Crippen LogP contribution in [0.1, 0.15) is 38.5 Å². The SMILES string of the molecule is COCc1ncc(C)n1C1CCN(C(=O)c2ccc(C)s2)C1. The summed E-state index contributed by atoms with van der Waals surface area (Å²) in [5.74, 6) is 1.08. The van der Waals surface area contributed by atoms with E-state index in [2.05, 4.69) is 16.5 Å². The van der Waals surface area contributed by atoms with Gasteiger partial charge in [-0.05, 0) is 32.4 Å². The minimum atomic E-state index is 0.145. The second-order valence-electron chi connectivity index (χ2n) is 5.72. The zero-order valence-electron chi connectivity index (χ0n) is 13.2. The number of hydrogen-bond donors (Lipinski definition) is 0. The highest BCUT2D eigenvalue weighted by Crippen LogP contribution is 2.27. The van der Waals surface area contributed by atoms with E-state index in [0.717, 1.165) is 35.9 Å². The zero-order valence-corrected chi connectivity index (χ0v) is 14.0. The molecule has 0 N–H and O–H groups in total. The van der Waals surface area contributed by atoms with Crippen LogP contribution in [0.15, 0.2) is 18.3 Å². The smallest absolute Gasteiger partial charge is 0.263 e. The molecule has 0 saturated carbocycles. The lowest BCUT2D eigenvalue weighted by molar-refractivity contribution is 0.0791. The minimum absolute atomic E-state index is 0.145. The van der Waals surface area contributed by atoms with E-state index in [9.17, 15) is 4.79 Å². The Bertz CT molecular complexity index is 677. The first kappa shape index (κ1) is 15.2. The van der Waals surface area contributed by atoms with Gasteiger partial charge in [-0.25, -0.2) is 4.98 Å². The van der Waals surface area contributed by atoms with E-state index in [1.807, 2.05) is 30.2 Å². The van der Waals surface area contributed by atoms with E-state index in [4.69, 9.17) is 4.74 Å². The van der Waals surface area contributed by atoms with Crippen LogP contribution in [0.2, 0.25) is 0 Å². The Hall–Kier alpha value is -1.66. The Morgan fingerprint density at radius 3 is 2.95 bits per heavy atom. The van der Waals surface area contributed by atoms with Crippen molar-refractivity contribution in [2.45, 2.75) is 32.9 Å². The molecule has 1 aliphatic heterocycles. The van der Waals surface area contributed by atoms with Gasteiger partial charge in [0, 0.05) is 37.0 Å². The molecule has 2 aromatic heterocycles. The molecule has 22 heavy (non-hydrogen) atoms. The van der Waals surface area contributed by atoms with Gasteiger partial charge in [0.15, 0.2) is 0 Å². The van der Waals surface area contributed by atoms with Gasteiger partial charge in [-0.1, -0.05) is 0 Å². The van der Waals surface area contributed by atoms with Crippen molar-refractivity contribution in [2.75, 3.05) is 20.2 Å². The molecular weight excluding hydrogens is 298 g/mol. The lowest BCUT2D eigenvalue weighted by Crippen LogP contribution is -2.28. The molecule has 1 atom stereocenters. The Labute approximate surface area is 134 Å². The van der Waals surface area contributed by atoms with Crippen LogP contribution in [0, 0.1) is 13.8 Å². The molecule has 1 fully saturated rings. The fraction of sp³-hybridized carbons (Fsp3) is 0.500. The van der Waals surface area contributed by atoms with Crippen LogP contribution in [0.25, 0.3) is 0 Å². The number of rotatable bonds is 4. The number of methoxy groups -OCH3 is 1. The monoisotopic (exact) mass is 319 g/mol. The number of amides is 1. The summed E-state index contributed by atoms with van der Waals surface area (Å²) in [6, 6.07) is 4.22. The standard InChI is InChI=1S/C16H21N3O2S/c1-11-8-17-15(10-21-3)19(11)13-6-7-18(9-13)16(20)14-5-4-12(2)22-14/h4-5,8,13H,6-7,9-10H2,1-3H3. The molecule has 0 bridgehead atoms. The third kappa shape index (κ3) is 2.80. The number of thiophene rings is 1. The van der Waals surface area contributed by atoms with Crippen LogP contribution < -0.4 is 0 Å². The number of imidazole rings is 1. The quantitative estimate of drug-likeness (QED) is 0.870. The summed E-state index contributed by atoms with van der Waals surface area (Å²) in [5.41, 5.74) is 1.12. The van der Waals surface area contributed by atoms with Gasteiger partial charge in [-0.2, -0.15) is 0 Å². The van der Waals surface area contributed by atoms with Crippen molar-refractivity contribution in [3.8, 4) is 0 Å². The minimum Gasteiger partial charge on any atom is -0.377 e. The number of carbonyl (C=O) groups excluding carboxylic acids is 1. The number of aryl methyl sites for hydroxylation is 2. The summed E-state index contributed by atoms with van der Waals surface area (Å²) in [7, 11) is 1.68. The van der Waals surface area contributed by atoms with Gasteiger partial charge >= 0.3 is 0 Å². The fourth-order valence-corrected chi connectivity index (χ4v) is 3.91. The molecule has 118 valence electrons. The number of ether oxygens (including phenoxy) is 1. The Morgan fingerprint density at radius 1 is 1.45 bits per heavy atom. The van der Waals surface area contributed by atoms with Crippen LogP contribution in [-0.2, 0) is 11.3 Å². The van der Waals surface area contributed by atoms with Crippen LogP contribution in [0.3, 0.4) is 0 Å². The molecule has 1 unspecified atom stereocenters. The number of nitrogens with zero attached hydrogens (tertiary/aromatic N) is 3. The van der Waals surface area contributed by atoms with Gasteiger partial charge < -0.3 is 14.2 Å². The van der Waals surface area contributed by atoms with E-state index < -0.39 is 0 Å². The number of hydrogen-bond acceptors (Lipinski definition) is 4. The lowest BCUT2D eigenvalue weighted by atomic mass is 10.2. The molecule has 6 heteroatoms. The molecular formula is C16H21N3O2S. The van der Waals surface area contributed by atoms with Crippen molar-refractivity contribution < 1.29 is 9.53 Å². The average Bonchev–Trinajstić information content (AvgIpc) is 3.19. The molecule has 0 radical (unpaired) electrons. The maximum Gasteiger partial charge on any atom is 0.263 e. The molecule has 0 aliphatic carbocycles. The van der Waals surface area contributed by atoms with Gasteiger partial charge in [0.1, 0.15) is 12.4 Å². The van der Waals surface area contributed by atoms with Crippen molar-refractivity contribution in [2.24, 2.45) is 0 Å². The first-order valence-electron chi connectivity index (χ1n) is 7.47. The Morgan fingerprint density at radius 2 is 2.27 bits per heavy atom. The summed E-state index contributed by atoms with van der Waals surface area (Å²) in [4.78, 5) is 20.9. The maximum atomic E-state index is 12.6. The molecule has 0 spiro atoms. The van der Waals surface area contributed by atoms with E-state index in [1.54, 1.807) is 18.4 Å². The van der Waals surface area contributed by atoms with Crippen molar-refractivity contribution in [3.05, 3.63) is 39.6 Å². The largest absolute Gasteiger partial charge is 0.377 e. The van der Waals surface area contributed by atoms with Crippen molar-refractivity contribution in [1.82, 2.24) is 14.5 Å². The summed E-state index contributed by atoms with van der Waals surface area (Å²) >= 11 is 1.57. The first-order valence-corrected chi connectivity index (χ1v) is 8.29. The number of aromatic nitrogens is 2. The van der Waals surface area contributed by atoms with E-state index in [-0.39, 0.29) is 11.9 Å². The molecule has 5 nitrogen and oxygen atoms in total. The van der Waals surface area contributed by atoms with Gasteiger partial charge in [-0.15, -0.1) is 11.3 Å². The predicted molar refractivity (Wildman–Crippen MR) is 86.3 cm³/mol. The molecule has 3 heterocycles. The highest BCUT2D eigenvalue weighted by molar-refractivity contribution is 7.13. The van der Waals surface area contributed by atoms with Crippen LogP contribution >= 0.6 is 11.3 Å². The number of likely N-dealkylation sites (tertiary alicyclic amines) is 1. The summed E-state index contributed by atoms with van der Waals surface area (Å²) < 4.78 is 7.44. The Balaban J connectivity index is 1.75.